The molecule has 16 heteroatoms. The first-order valence-electron chi connectivity index (χ1n) is 18.3. The fourth-order valence-electron chi connectivity index (χ4n) is 9.54. The molecule has 4 aliphatic carbocycles. The van der Waals surface area contributed by atoms with Crippen molar-refractivity contribution in [2.24, 2.45) is 5.41 Å². The van der Waals surface area contributed by atoms with Gasteiger partial charge in [-0.15, -0.1) is 5.10 Å². The molecular formula is C36H45F4N9O3. The molecule has 10 rings (SSSR count). The first-order valence-corrected chi connectivity index (χ1v) is 18.3. The number of nitrogens with zero attached hydrogens (tertiary/aromatic N) is 6. The molecule has 0 unspecified atom stereocenters. The zero-order chi connectivity index (χ0) is 36.4. The Balaban J connectivity index is 0.000000505. The number of carboxylic acids is 1. The lowest BCUT2D eigenvalue weighted by atomic mass is 9.33. The lowest BCUT2D eigenvalue weighted by Gasteiger charge is -2.72. The topological polar surface area (TPSA) is 130 Å². The molecule has 280 valence electrons. The fraction of sp³-hybridized carbons (Fsp3) is 0.611. The summed E-state index contributed by atoms with van der Waals surface area (Å²) in [6.45, 7) is 9.36. The summed E-state index contributed by atoms with van der Waals surface area (Å²) in [5, 5.41) is 21.6. The summed E-state index contributed by atoms with van der Waals surface area (Å²) in [5.74, 6) is -2.32. The van der Waals surface area contributed by atoms with Crippen LogP contribution in [-0.2, 0) is 16.6 Å². The number of aromatic nitrogens is 3. The second-order valence-corrected chi connectivity index (χ2v) is 15.5. The highest BCUT2D eigenvalue weighted by Crippen LogP contribution is 2.74. The van der Waals surface area contributed by atoms with Crippen LogP contribution >= 0.6 is 0 Å². The van der Waals surface area contributed by atoms with Crippen LogP contribution in [0.25, 0.3) is 5.65 Å². The zero-order valence-electron chi connectivity index (χ0n) is 29.2. The van der Waals surface area contributed by atoms with Gasteiger partial charge < -0.3 is 30.9 Å². The van der Waals surface area contributed by atoms with Crippen molar-refractivity contribution in [2.75, 3.05) is 69.6 Å². The molecule has 3 aromatic rings. The van der Waals surface area contributed by atoms with Crippen molar-refractivity contribution in [3.05, 3.63) is 47.3 Å². The monoisotopic (exact) mass is 727 g/mol. The third-order valence-electron chi connectivity index (χ3n) is 12.0. The molecule has 2 bridgehead atoms. The number of carboxylic acid groups (broad SMARTS) is 1. The van der Waals surface area contributed by atoms with E-state index in [9.17, 15) is 22.4 Å². The lowest BCUT2D eigenvalue weighted by Crippen LogP contribution is -2.69. The number of anilines is 3. The average Bonchev–Trinajstić information content (AvgIpc) is 3.43. The van der Waals surface area contributed by atoms with Gasteiger partial charge in [-0.25, -0.2) is 18.7 Å². The van der Waals surface area contributed by atoms with Gasteiger partial charge in [0, 0.05) is 70.5 Å². The van der Waals surface area contributed by atoms with Crippen LogP contribution in [0.3, 0.4) is 0 Å². The smallest absolute Gasteiger partial charge is 0.475 e. The Morgan fingerprint density at radius 1 is 1.08 bits per heavy atom. The Kier molecular flexibility index (Phi) is 8.84. The second-order valence-electron chi connectivity index (χ2n) is 15.5. The van der Waals surface area contributed by atoms with Crippen LogP contribution in [0.4, 0.5) is 34.8 Å². The van der Waals surface area contributed by atoms with Gasteiger partial charge >= 0.3 is 12.1 Å². The maximum absolute atomic E-state index is 13.5. The largest absolute Gasteiger partial charge is 0.490 e. The van der Waals surface area contributed by atoms with Crippen LogP contribution in [0.1, 0.15) is 60.1 Å². The molecule has 1 amide bonds. The van der Waals surface area contributed by atoms with E-state index in [1.807, 2.05) is 13.1 Å². The summed E-state index contributed by atoms with van der Waals surface area (Å²) in [6.07, 6.45) is 3.39. The van der Waals surface area contributed by atoms with Crippen molar-refractivity contribution in [3.63, 3.8) is 0 Å². The van der Waals surface area contributed by atoms with Crippen LogP contribution in [0, 0.1) is 5.41 Å². The summed E-state index contributed by atoms with van der Waals surface area (Å²) < 4.78 is 46.8. The summed E-state index contributed by atoms with van der Waals surface area (Å²) in [4.78, 5) is 34.1. The van der Waals surface area contributed by atoms with Gasteiger partial charge in [0.2, 0.25) is 0 Å². The van der Waals surface area contributed by atoms with E-state index in [0.717, 1.165) is 30.5 Å². The minimum Gasteiger partial charge on any atom is -0.475 e. The molecular weight excluding hydrogens is 682 g/mol. The highest BCUT2D eigenvalue weighted by atomic mass is 19.4. The summed E-state index contributed by atoms with van der Waals surface area (Å²) in [7, 11) is 1.86. The number of hydrogen-bond donors (Lipinski definition) is 4. The number of nitrogens with one attached hydrogen (secondary N) is 3. The molecule has 12 nitrogen and oxygen atoms in total. The number of benzene rings is 1. The number of amides is 1. The summed E-state index contributed by atoms with van der Waals surface area (Å²) >= 11 is 0. The van der Waals surface area contributed by atoms with Gasteiger partial charge in [0.15, 0.2) is 17.2 Å². The molecule has 52 heavy (non-hydrogen) atoms. The highest BCUT2D eigenvalue weighted by Gasteiger charge is 2.68. The van der Waals surface area contributed by atoms with Crippen molar-refractivity contribution < 1.29 is 32.3 Å². The van der Waals surface area contributed by atoms with Crippen LogP contribution < -0.4 is 20.9 Å². The maximum atomic E-state index is 13.5. The third-order valence-corrected chi connectivity index (χ3v) is 12.0. The van der Waals surface area contributed by atoms with Crippen molar-refractivity contribution in [3.8, 4) is 0 Å². The van der Waals surface area contributed by atoms with E-state index in [1.165, 1.54) is 95.4 Å². The number of hydrogen-bond acceptors (Lipinski definition) is 9. The first-order chi connectivity index (χ1) is 24.9. The quantitative estimate of drug-likeness (QED) is 0.255. The number of aliphatic carboxylic acids is 1. The Hall–Kier alpha value is -4.02. The zero-order valence-corrected chi connectivity index (χ0v) is 29.2. The minimum absolute atomic E-state index is 0.322. The third kappa shape index (κ3) is 6.36. The Labute approximate surface area is 298 Å². The Morgan fingerprint density at radius 2 is 1.77 bits per heavy atom. The Bertz CT molecular complexity index is 1830. The summed E-state index contributed by atoms with van der Waals surface area (Å²) in [5.41, 5.74) is 6.77. The molecule has 3 aliphatic heterocycles. The minimum atomic E-state index is -5.08. The number of rotatable bonds is 8. The molecule has 6 fully saturated rings. The fourth-order valence-corrected chi connectivity index (χ4v) is 9.54. The van der Waals surface area contributed by atoms with E-state index in [1.54, 1.807) is 10.1 Å². The van der Waals surface area contributed by atoms with E-state index in [0.29, 0.717) is 28.6 Å². The number of piperazine rings is 1. The number of alkyl halides is 4. The molecule has 0 radical (unpaired) electrons. The van der Waals surface area contributed by atoms with Gasteiger partial charge in [-0.3, -0.25) is 9.69 Å². The van der Waals surface area contributed by atoms with Gasteiger partial charge in [-0.05, 0) is 79.6 Å². The maximum Gasteiger partial charge on any atom is 0.490 e. The standard InChI is InChI=1S/C34H44FN9O.C2HF3O2/c1-36-27-16-30(40-44-29(17-38-31(27)44)32(45)39-26-15-25(26)35)43-10-7-23-24(3-2-4-28(23)43)34-18-33(19-34,20-34)21-41-11-13-42(14-12-41)22-5-8-37-9-6-22;3-2(4,5)1(6)7/h2-4,16-17,22,25-26,36-37H,5-15,18-21H2,1H3,(H,39,45);(H,6,7)/t25-,26+,33?,34?;/m0./s1. The van der Waals surface area contributed by atoms with Crippen LogP contribution in [0.2, 0.25) is 0 Å². The highest BCUT2D eigenvalue weighted by molar-refractivity contribution is 5.94. The van der Waals surface area contributed by atoms with Crippen LogP contribution in [-0.4, -0.2) is 125 Å². The first kappa shape index (κ1) is 35.0. The van der Waals surface area contributed by atoms with Gasteiger partial charge in [0.25, 0.3) is 5.91 Å². The molecule has 1 aromatic carbocycles. The SMILES string of the molecule is CNc1cc(N2CCc3c2cccc3C23CC(CN4CCN(C5CCNCC5)CC4)(C2)C3)nn2c(C(=O)N[C@@H]3C[C@@H]3F)cnc12.O=C(O)C(F)(F)F. The van der Waals surface area contributed by atoms with Gasteiger partial charge in [-0.1, -0.05) is 12.1 Å². The van der Waals surface area contributed by atoms with Gasteiger partial charge in [-0.2, -0.15) is 13.2 Å². The molecule has 7 aliphatic rings. The van der Waals surface area contributed by atoms with Gasteiger partial charge in [0.05, 0.1) is 17.9 Å². The number of piperidine rings is 1. The van der Waals surface area contributed by atoms with Crippen molar-refractivity contribution in [1.29, 1.82) is 0 Å². The van der Waals surface area contributed by atoms with E-state index in [2.05, 4.69) is 53.8 Å². The predicted octanol–water partition coefficient (Wildman–Crippen LogP) is 3.73. The Morgan fingerprint density at radius 3 is 2.40 bits per heavy atom. The van der Waals surface area contributed by atoms with E-state index in [-0.39, 0.29) is 5.91 Å². The normalized spacial score (nSPS) is 28.7. The van der Waals surface area contributed by atoms with E-state index < -0.39 is 24.4 Å². The van der Waals surface area contributed by atoms with E-state index >= 15 is 0 Å². The van der Waals surface area contributed by atoms with E-state index in [4.69, 9.17) is 15.0 Å². The van der Waals surface area contributed by atoms with Crippen LogP contribution in [0.5, 0.6) is 0 Å². The molecule has 0 spiro atoms. The number of halogens is 4. The van der Waals surface area contributed by atoms with Crippen molar-refractivity contribution in [1.82, 2.24) is 35.0 Å². The summed E-state index contributed by atoms with van der Waals surface area (Å²) in [6, 6.07) is 9.21. The molecule has 2 aromatic heterocycles. The number of fused-ring (bicyclic) bond motifs is 2. The number of carbonyl (C=O) groups is 2. The molecule has 4 N–H and O–H groups in total. The second kappa shape index (κ2) is 13.1. The van der Waals surface area contributed by atoms with Crippen LogP contribution in [0.15, 0.2) is 30.5 Å². The molecule has 4 saturated carbocycles. The number of carbonyl (C=O) groups excluding carboxylic acids is 1. The molecule has 5 heterocycles. The van der Waals surface area contributed by atoms with Crippen molar-refractivity contribution >= 4 is 34.7 Å². The number of imidazole rings is 1. The lowest BCUT2D eigenvalue weighted by molar-refractivity contribution is -0.192. The van der Waals surface area contributed by atoms with Crippen molar-refractivity contribution in [2.45, 2.75) is 74.8 Å². The molecule has 2 saturated heterocycles. The predicted molar refractivity (Wildman–Crippen MR) is 186 cm³/mol. The van der Waals surface area contributed by atoms with Gasteiger partial charge in [0.1, 0.15) is 6.17 Å². The average molecular weight is 728 g/mol. The molecule has 2 atom stereocenters.